The molecular formula is C16H25FO. The summed E-state index contributed by atoms with van der Waals surface area (Å²) in [6.45, 7) is 2.25. The Bertz CT molecular complexity index is 325. The number of unbranched alkanes of at least 4 members (excludes halogenated alkanes) is 5. The van der Waals surface area contributed by atoms with E-state index in [-0.39, 0.29) is 18.3 Å². The van der Waals surface area contributed by atoms with E-state index in [1.54, 1.807) is 12.1 Å². The first kappa shape index (κ1) is 15.2. The summed E-state index contributed by atoms with van der Waals surface area (Å²) in [5.74, 6) is -0.236. The van der Waals surface area contributed by atoms with Gasteiger partial charge in [-0.2, -0.15) is 0 Å². The number of hydrogen-bond acceptors (Lipinski definition) is 1. The second-order valence-corrected chi connectivity index (χ2v) is 4.96. The lowest BCUT2D eigenvalue weighted by atomic mass is 9.93. The van der Waals surface area contributed by atoms with E-state index < -0.39 is 0 Å². The Kier molecular flexibility index (Phi) is 7.66. The summed E-state index contributed by atoms with van der Waals surface area (Å²) in [6, 6.07) is 6.78. The standard InChI is InChI=1S/C16H25FO/c1-2-3-4-5-6-7-10-14(13-18)15-11-8-9-12-16(15)17/h8-9,11-12,14,18H,2-7,10,13H2,1H3. The van der Waals surface area contributed by atoms with Gasteiger partial charge >= 0.3 is 0 Å². The molecule has 18 heavy (non-hydrogen) atoms. The van der Waals surface area contributed by atoms with Crippen molar-refractivity contribution in [2.24, 2.45) is 0 Å². The molecule has 0 bridgehead atoms. The number of aliphatic hydroxyl groups excluding tert-OH is 1. The van der Waals surface area contributed by atoms with Crippen LogP contribution in [0.2, 0.25) is 0 Å². The molecule has 0 heterocycles. The second-order valence-electron chi connectivity index (χ2n) is 4.96. The zero-order valence-corrected chi connectivity index (χ0v) is 11.4. The van der Waals surface area contributed by atoms with E-state index >= 15 is 0 Å². The third kappa shape index (κ3) is 5.18. The number of halogens is 1. The molecule has 0 saturated carbocycles. The molecule has 0 radical (unpaired) electrons. The van der Waals surface area contributed by atoms with Crippen molar-refractivity contribution in [2.75, 3.05) is 6.61 Å². The zero-order chi connectivity index (χ0) is 13.2. The molecule has 1 nitrogen and oxygen atoms in total. The lowest BCUT2D eigenvalue weighted by Gasteiger charge is -2.15. The molecule has 0 aliphatic rings. The maximum absolute atomic E-state index is 13.6. The van der Waals surface area contributed by atoms with Crippen LogP contribution in [0.25, 0.3) is 0 Å². The highest BCUT2D eigenvalue weighted by Crippen LogP contribution is 2.24. The first-order valence-electron chi connectivity index (χ1n) is 7.14. The van der Waals surface area contributed by atoms with Crippen LogP contribution in [0.5, 0.6) is 0 Å². The fraction of sp³-hybridized carbons (Fsp3) is 0.625. The quantitative estimate of drug-likeness (QED) is 0.634. The SMILES string of the molecule is CCCCCCCCC(CO)c1ccccc1F. The predicted molar refractivity (Wildman–Crippen MR) is 74.2 cm³/mol. The minimum Gasteiger partial charge on any atom is -0.396 e. The number of aliphatic hydroxyl groups is 1. The number of hydrogen-bond donors (Lipinski definition) is 1. The highest BCUT2D eigenvalue weighted by Gasteiger charge is 2.13. The molecule has 0 aliphatic heterocycles. The number of rotatable bonds is 9. The Morgan fingerprint density at radius 2 is 1.72 bits per heavy atom. The molecule has 1 aromatic rings. The lowest BCUT2D eigenvalue weighted by Crippen LogP contribution is -2.06. The monoisotopic (exact) mass is 252 g/mol. The summed E-state index contributed by atoms with van der Waals surface area (Å²) in [6.07, 6.45) is 8.24. The van der Waals surface area contributed by atoms with Crippen molar-refractivity contribution in [2.45, 2.75) is 57.8 Å². The summed E-state index contributed by atoms with van der Waals surface area (Å²) < 4.78 is 13.6. The summed E-state index contributed by atoms with van der Waals surface area (Å²) in [5, 5.41) is 9.38. The molecule has 0 spiro atoms. The van der Waals surface area contributed by atoms with Gasteiger partial charge in [0.1, 0.15) is 5.82 Å². The minimum atomic E-state index is -0.192. The fourth-order valence-electron chi connectivity index (χ4n) is 2.32. The Balaban J connectivity index is 2.32. The maximum Gasteiger partial charge on any atom is 0.126 e. The van der Waals surface area contributed by atoms with Crippen LogP contribution in [-0.2, 0) is 0 Å². The third-order valence-electron chi connectivity index (χ3n) is 3.47. The van der Waals surface area contributed by atoms with E-state index in [4.69, 9.17) is 0 Å². The topological polar surface area (TPSA) is 20.2 Å². The van der Waals surface area contributed by atoms with E-state index in [9.17, 15) is 9.50 Å². The van der Waals surface area contributed by atoms with Gasteiger partial charge in [0.2, 0.25) is 0 Å². The van der Waals surface area contributed by atoms with Crippen molar-refractivity contribution >= 4 is 0 Å². The van der Waals surface area contributed by atoms with Gasteiger partial charge in [0.05, 0.1) is 6.61 Å². The van der Waals surface area contributed by atoms with Crippen LogP contribution in [0.3, 0.4) is 0 Å². The van der Waals surface area contributed by atoms with Crippen LogP contribution in [-0.4, -0.2) is 11.7 Å². The highest BCUT2D eigenvalue weighted by molar-refractivity contribution is 5.21. The second kappa shape index (κ2) is 9.09. The zero-order valence-electron chi connectivity index (χ0n) is 11.4. The van der Waals surface area contributed by atoms with Gasteiger partial charge in [0, 0.05) is 5.92 Å². The van der Waals surface area contributed by atoms with Crippen LogP contribution in [0.1, 0.15) is 63.4 Å². The van der Waals surface area contributed by atoms with Crippen LogP contribution in [0.15, 0.2) is 24.3 Å². The highest BCUT2D eigenvalue weighted by atomic mass is 19.1. The molecule has 1 rings (SSSR count). The van der Waals surface area contributed by atoms with E-state index in [0.717, 1.165) is 12.8 Å². The van der Waals surface area contributed by atoms with Crippen molar-refractivity contribution in [3.8, 4) is 0 Å². The van der Waals surface area contributed by atoms with Crippen molar-refractivity contribution in [1.82, 2.24) is 0 Å². The minimum absolute atomic E-state index is 0.0376. The molecule has 0 amide bonds. The number of benzene rings is 1. The summed E-state index contributed by atoms with van der Waals surface area (Å²) >= 11 is 0. The summed E-state index contributed by atoms with van der Waals surface area (Å²) in [5.41, 5.74) is 0.661. The Hall–Kier alpha value is -0.890. The van der Waals surface area contributed by atoms with Gasteiger partial charge in [-0.15, -0.1) is 0 Å². The molecule has 0 aliphatic carbocycles. The predicted octanol–water partition coefficient (Wildman–Crippen LogP) is 4.65. The Morgan fingerprint density at radius 1 is 1.06 bits per heavy atom. The van der Waals surface area contributed by atoms with E-state index in [0.29, 0.717) is 5.56 Å². The van der Waals surface area contributed by atoms with Gasteiger partial charge in [-0.3, -0.25) is 0 Å². The first-order valence-corrected chi connectivity index (χ1v) is 7.14. The molecule has 1 aromatic carbocycles. The van der Waals surface area contributed by atoms with E-state index in [1.807, 2.05) is 6.07 Å². The molecule has 102 valence electrons. The largest absolute Gasteiger partial charge is 0.396 e. The van der Waals surface area contributed by atoms with Crippen LogP contribution in [0, 0.1) is 5.82 Å². The summed E-state index contributed by atoms with van der Waals surface area (Å²) in [4.78, 5) is 0. The van der Waals surface area contributed by atoms with Gasteiger partial charge in [-0.05, 0) is 18.1 Å². The molecule has 1 atom stereocenters. The van der Waals surface area contributed by atoms with Gasteiger partial charge in [-0.25, -0.2) is 4.39 Å². The normalized spacial score (nSPS) is 12.6. The molecule has 2 heteroatoms. The maximum atomic E-state index is 13.6. The van der Waals surface area contributed by atoms with Gasteiger partial charge in [0.15, 0.2) is 0 Å². The smallest absolute Gasteiger partial charge is 0.126 e. The molecule has 0 aromatic heterocycles. The Labute approximate surface area is 110 Å². The van der Waals surface area contributed by atoms with Crippen molar-refractivity contribution in [3.05, 3.63) is 35.6 Å². The van der Waals surface area contributed by atoms with Gasteiger partial charge in [-0.1, -0.05) is 63.6 Å². The molecule has 1 N–H and O–H groups in total. The average Bonchev–Trinajstić information content (AvgIpc) is 2.39. The fourth-order valence-corrected chi connectivity index (χ4v) is 2.32. The van der Waals surface area contributed by atoms with Gasteiger partial charge in [0.25, 0.3) is 0 Å². The van der Waals surface area contributed by atoms with E-state index in [2.05, 4.69) is 6.92 Å². The van der Waals surface area contributed by atoms with Crippen molar-refractivity contribution in [1.29, 1.82) is 0 Å². The molecule has 0 saturated heterocycles. The molecule has 0 fully saturated rings. The molecular weight excluding hydrogens is 227 g/mol. The van der Waals surface area contributed by atoms with Crippen LogP contribution >= 0.6 is 0 Å². The third-order valence-corrected chi connectivity index (χ3v) is 3.47. The lowest BCUT2D eigenvalue weighted by molar-refractivity contribution is 0.253. The van der Waals surface area contributed by atoms with Crippen LogP contribution < -0.4 is 0 Å². The molecule has 1 unspecified atom stereocenters. The van der Waals surface area contributed by atoms with Crippen LogP contribution in [0.4, 0.5) is 4.39 Å². The van der Waals surface area contributed by atoms with Gasteiger partial charge < -0.3 is 5.11 Å². The van der Waals surface area contributed by atoms with Crippen molar-refractivity contribution < 1.29 is 9.50 Å². The van der Waals surface area contributed by atoms with Crippen molar-refractivity contribution in [3.63, 3.8) is 0 Å². The Morgan fingerprint density at radius 3 is 2.39 bits per heavy atom. The van der Waals surface area contributed by atoms with E-state index in [1.165, 1.54) is 38.2 Å². The average molecular weight is 252 g/mol. The summed E-state index contributed by atoms with van der Waals surface area (Å²) in [7, 11) is 0. The first-order chi connectivity index (χ1) is 8.79.